The van der Waals surface area contributed by atoms with Gasteiger partial charge < -0.3 is 14.5 Å². The Morgan fingerprint density at radius 1 is 1.21 bits per heavy atom. The number of benzene rings is 1. The summed E-state index contributed by atoms with van der Waals surface area (Å²) in [6, 6.07) is 12.9. The molecule has 6 heteroatoms. The van der Waals surface area contributed by atoms with Crippen molar-refractivity contribution in [2.45, 2.75) is 50.8 Å². The van der Waals surface area contributed by atoms with Crippen LogP contribution in [0.3, 0.4) is 0 Å². The standard InChI is InChI=1S/C22H30N4O2/c1-17(2)26-20(9-12-23-26)21(27)25-13-10-22(11-14-25)15-19(16-28-22)24(3)18-7-5-4-6-8-18/h4-9,12,17,19H,10-11,13-16H2,1-3H3. The number of piperidine rings is 1. The second-order valence-electron chi connectivity index (χ2n) is 8.35. The quantitative estimate of drug-likeness (QED) is 0.814. The highest BCUT2D eigenvalue weighted by Crippen LogP contribution is 2.38. The molecule has 150 valence electrons. The fraction of sp³-hybridized carbons (Fsp3) is 0.545. The number of aromatic nitrogens is 2. The van der Waals surface area contributed by atoms with Crippen molar-refractivity contribution in [3.63, 3.8) is 0 Å². The van der Waals surface area contributed by atoms with E-state index in [2.05, 4.69) is 41.3 Å². The highest BCUT2D eigenvalue weighted by Gasteiger charge is 2.44. The van der Waals surface area contributed by atoms with Gasteiger partial charge in [-0.1, -0.05) is 18.2 Å². The molecule has 0 aliphatic carbocycles. The van der Waals surface area contributed by atoms with Gasteiger partial charge in [-0.3, -0.25) is 9.48 Å². The van der Waals surface area contributed by atoms with E-state index in [1.165, 1.54) is 5.69 Å². The average Bonchev–Trinajstić information content (AvgIpc) is 3.36. The van der Waals surface area contributed by atoms with Gasteiger partial charge in [0.25, 0.3) is 5.91 Å². The van der Waals surface area contributed by atoms with Crippen molar-refractivity contribution in [1.29, 1.82) is 0 Å². The lowest BCUT2D eigenvalue weighted by Gasteiger charge is -2.39. The molecule has 1 amide bonds. The predicted molar refractivity (Wildman–Crippen MR) is 110 cm³/mol. The van der Waals surface area contributed by atoms with Gasteiger partial charge in [0, 0.05) is 38.1 Å². The molecule has 4 rings (SSSR count). The topological polar surface area (TPSA) is 50.6 Å². The zero-order valence-corrected chi connectivity index (χ0v) is 17.0. The number of hydrogen-bond donors (Lipinski definition) is 0. The fourth-order valence-corrected chi connectivity index (χ4v) is 4.47. The van der Waals surface area contributed by atoms with Crippen molar-refractivity contribution in [2.75, 3.05) is 31.6 Å². The summed E-state index contributed by atoms with van der Waals surface area (Å²) in [6.07, 6.45) is 4.52. The van der Waals surface area contributed by atoms with E-state index in [-0.39, 0.29) is 17.6 Å². The van der Waals surface area contributed by atoms with Gasteiger partial charge in [0.1, 0.15) is 5.69 Å². The summed E-state index contributed by atoms with van der Waals surface area (Å²) in [6.45, 7) is 6.32. The van der Waals surface area contributed by atoms with Crippen LogP contribution in [0.15, 0.2) is 42.6 Å². The minimum absolute atomic E-state index is 0.0806. The molecule has 1 atom stereocenters. The summed E-state index contributed by atoms with van der Waals surface area (Å²) >= 11 is 0. The van der Waals surface area contributed by atoms with E-state index in [0.29, 0.717) is 11.7 Å². The van der Waals surface area contributed by atoms with Crippen molar-refractivity contribution in [1.82, 2.24) is 14.7 Å². The Kier molecular flexibility index (Phi) is 5.15. The number of hydrogen-bond acceptors (Lipinski definition) is 4. The molecule has 2 fully saturated rings. The molecule has 2 aliphatic heterocycles. The first-order valence-corrected chi connectivity index (χ1v) is 10.2. The number of para-hydroxylation sites is 1. The Morgan fingerprint density at radius 2 is 1.93 bits per heavy atom. The third-order valence-corrected chi connectivity index (χ3v) is 6.24. The van der Waals surface area contributed by atoms with E-state index in [1.807, 2.05) is 35.6 Å². The lowest BCUT2D eigenvalue weighted by molar-refractivity contribution is -0.0390. The molecule has 28 heavy (non-hydrogen) atoms. The van der Waals surface area contributed by atoms with Crippen LogP contribution in [-0.2, 0) is 4.74 Å². The molecule has 2 aliphatic rings. The Balaban J connectivity index is 1.38. The maximum absolute atomic E-state index is 13.0. The van der Waals surface area contributed by atoms with Crippen LogP contribution in [-0.4, -0.2) is 59.0 Å². The van der Waals surface area contributed by atoms with E-state index in [0.717, 1.165) is 39.0 Å². The molecule has 1 spiro atoms. The van der Waals surface area contributed by atoms with Gasteiger partial charge in [0.15, 0.2) is 0 Å². The van der Waals surface area contributed by atoms with E-state index in [4.69, 9.17) is 4.74 Å². The van der Waals surface area contributed by atoms with Gasteiger partial charge in [-0.15, -0.1) is 0 Å². The zero-order chi connectivity index (χ0) is 19.7. The number of carbonyl (C=O) groups is 1. The van der Waals surface area contributed by atoms with Crippen LogP contribution in [0, 0.1) is 0 Å². The highest BCUT2D eigenvalue weighted by atomic mass is 16.5. The molecule has 0 bridgehead atoms. The van der Waals surface area contributed by atoms with Crippen molar-refractivity contribution in [2.24, 2.45) is 0 Å². The molecule has 2 aromatic rings. The first-order chi connectivity index (χ1) is 13.5. The van der Waals surface area contributed by atoms with Crippen LogP contribution in [0.5, 0.6) is 0 Å². The Bertz CT molecular complexity index is 809. The molecule has 0 N–H and O–H groups in total. The lowest BCUT2D eigenvalue weighted by atomic mass is 9.87. The number of likely N-dealkylation sites (N-methyl/N-ethyl adjacent to an activating group) is 1. The monoisotopic (exact) mass is 382 g/mol. The maximum Gasteiger partial charge on any atom is 0.272 e. The highest BCUT2D eigenvalue weighted by molar-refractivity contribution is 5.92. The Hall–Kier alpha value is -2.34. The normalized spacial score (nSPS) is 21.4. The fourth-order valence-electron chi connectivity index (χ4n) is 4.47. The summed E-state index contributed by atoms with van der Waals surface area (Å²) < 4.78 is 8.13. The number of nitrogens with zero attached hydrogens (tertiary/aromatic N) is 4. The smallest absolute Gasteiger partial charge is 0.272 e. The third-order valence-electron chi connectivity index (χ3n) is 6.24. The van der Waals surface area contributed by atoms with Crippen LogP contribution in [0.4, 0.5) is 5.69 Å². The van der Waals surface area contributed by atoms with Gasteiger partial charge >= 0.3 is 0 Å². The van der Waals surface area contributed by atoms with Gasteiger partial charge in [0.05, 0.1) is 18.2 Å². The number of rotatable bonds is 4. The van der Waals surface area contributed by atoms with Crippen molar-refractivity contribution in [3.05, 3.63) is 48.3 Å². The predicted octanol–water partition coefficient (Wildman–Crippen LogP) is 3.36. The molecule has 1 aromatic carbocycles. The Morgan fingerprint density at radius 3 is 2.61 bits per heavy atom. The number of likely N-dealkylation sites (tertiary alicyclic amines) is 1. The van der Waals surface area contributed by atoms with Gasteiger partial charge in [0.2, 0.25) is 0 Å². The minimum atomic E-state index is -0.0945. The van der Waals surface area contributed by atoms with Crippen LogP contribution >= 0.6 is 0 Å². The Labute approximate surface area is 167 Å². The van der Waals surface area contributed by atoms with Crippen LogP contribution in [0.2, 0.25) is 0 Å². The van der Waals surface area contributed by atoms with Gasteiger partial charge in [-0.2, -0.15) is 5.10 Å². The largest absolute Gasteiger partial charge is 0.373 e. The van der Waals surface area contributed by atoms with Crippen molar-refractivity contribution in [3.8, 4) is 0 Å². The van der Waals surface area contributed by atoms with Crippen LogP contribution in [0.25, 0.3) is 0 Å². The van der Waals surface area contributed by atoms with E-state index in [1.54, 1.807) is 6.20 Å². The van der Waals surface area contributed by atoms with E-state index < -0.39 is 0 Å². The lowest BCUT2D eigenvalue weighted by Crippen LogP contribution is -2.47. The van der Waals surface area contributed by atoms with Crippen LogP contribution < -0.4 is 4.90 Å². The van der Waals surface area contributed by atoms with Crippen LogP contribution in [0.1, 0.15) is 49.6 Å². The number of carbonyl (C=O) groups excluding carboxylic acids is 1. The number of anilines is 1. The molecule has 3 heterocycles. The summed E-state index contributed by atoms with van der Waals surface area (Å²) in [5, 5.41) is 4.30. The second-order valence-corrected chi connectivity index (χ2v) is 8.35. The molecule has 1 unspecified atom stereocenters. The number of ether oxygens (including phenoxy) is 1. The first kappa shape index (κ1) is 19.0. The summed E-state index contributed by atoms with van der Waals surface area (Å²) in [4.78, 5) is 17.2. The van der Waals surface area contributed by atoms with E-state index in [9.17, 15) is 4.79 Å². The van der Waals surface area contributed by atoms with Gasteiger partial charge in [-0.05, 0) is 51.3 Å². The third kappa shape index (κ3) is 3.53. The second kappa shape index (κ2) is 7.59. The average molecular weight is 383 g/mol. The SMILES string of the molecule is CC(C)n1nccc1C(=O)N1CCC2(CC1)CC(N(C)c1ccccc1)CO2. The molecule has 0 saturated carbocycles. The summed E-state index contributed by atoms with van der Waals surface area (Å²) in [5.41, 5.74) is 1.81. The van der Waals surface area contributed by atoms with Crippen molar-refractivity contribution < 1.29 is 9.53 Å². The van der Waals surface area contributed by atoms with E-state index >= 15 is 0 Å². The minimum Gasteiger partial charge on any atom is -0.373 e. The molecule has 0 radical (unpaired) electrons. The molecule has 6 nitrogen and oxygen atoms in total. The zero-order valence-electron chi connectivity index (χ0n) is 17.0. The first-order valence-electron chi connectivity index (χ1n) is 10.2. The molecular formula is C22H30N4O2. The molecule has 1 aromatic heterocycles. The molecular weight excluding hydrogens is 352 g/mol. The summed E-state index contributed by atoms with van der Waals surface area (Å²) in [5.74, 6) is 0.0806. The van der Waals surface area contributed by atoms with Gasteiger partial charge in [-0.25, -0.2) is 0 Å². The molecule has 2 saturated heterocycles. The number of amides is 1. The van der Waals surface area contributed by atoms with Crippen molar-refractivity contribution >= 4 is 11.6 Å². The maximum atomic E-state index is 13.0. The summed E-state index contributed by atoms with van der Waals surface area (Å²) in [7, 11) is 2.15.